The lowest BCUT2D eigenvalue weighted by molar-refractivity contribution is -0.140. The molecule has 22 heteroatoms. The van der Waals surface area contributed by atoms with E-state index in [1.807, 2.05) is 39.8 Å². The second-order valence-electron chi connectivity index (χ2n) is 20.4. The van der Waals surface area contributed by atoms with Crippen molar-refractivity contribution in [3.8, 4) is 16.9 Å². The van der Waals surface area contributed by atoms with Crippen LogP contribution in [0.1, 0.15) is 112 Å². The average Bonchev–Trinajstić information content (AvgIpc) is 3.99. The van der Waals surface area contributed by atoms with E-state index in [0.717, 1.165) is 103 Å². The topological polar surface area (TPSA) is 191 Å². The number of aromatic nitrogens is 2. The molecule has 0 bridgehead atoms. The molecule has 5 N–H and O–H groups in total. The molecule has 4 aliphatic carbocycles. The molecule has 4 heterocycles. The van der Waals surface area contributed by atoms with Gasteiger partial charge in [-0.3, -0.25) is 29.4 Å². The number of rotatable bonds is 7. The number of alkyl halides is 6. The minimum atomic E-state index is -4.50. The molecule has 14 nitrogen and oxygen atoms in total. The smallest absolute Gasteiger partial charge is 0.536 e. The predicted octanol–water partition coefficient (Wildman–Crippen LogP) is 9.01. The van der Waals surface area contributed by atoms with Crippen molar-refractivity contribution in [1.82, 2.24) is 19.8 Å². The highest BCUT2D eigenvalue weighted by molar-refractivity contribution is 9.10. The largest absolute Gasteiger partial charge is 0.569 e. The summed E-state index contributed by atoms with van der Waals surface area (Å²) in [5.74, 6) is 0.261. The number of benzene rings is 2. The summed E-state index contributed by atoms with van der Waals surface area (Å²) in [4.78, 5) is 48.1. The Labute approximate surface area is 434 Å². The van der Waals surface area contributed by atoms with E-state index in [2.05, 4.69) is 48.8 Å². The van der Waals surface area contributed by atoms with E-state index in [0.29, 0.717) is 29.7 Å². The maximum absolute atomic E-state index is 14.1. The molecule has 2 aliphatic heterocycles. The van der Waals surface area contributed by atoms with E-state index < -0.39 is 40.0 Å². The normalized spacial score (nSPS) is 27.1. The van der Waals surface area contributed by atoms with Gasteiger partial charge in [-0.25, -0.2) is 9.98 Å². The van der Waals surface area contributed by atoms with Crippen molar-refractivity contribution < 1.29 is 55.1 Å². The Kier molecular flexibility index (Phi) is 15.2. The van der Waals surface area contributed by atoms with E-state index >= 15 is 0 Å². The van der Waals surface area contributed by atoms with Crippen molar-refractivity contribution in [3.63, 3.8) is 0 Å². The van der Waals surface area contributed by atoms with Crippen LogP contribution in [0.25, 0.3) is 11.1 Å². The number of nitrogens with zero attached hydrogens (tertiary/aromatic N) is 6. The fraction of sp³-hybridized carbons (Fsp3) is 0.500. The number of pyridine rings is 2. The van der Waals surface area contributed by atoms with Gasteiger partial charge in [0.25, 0.3) is 11.8 Å². The third-order valence-corrected chi connectivity index (χ3v) is 16.3. The molecule has 6 aliphatic rings. The number of guanidine groups is 2. The molecular weight excluding hydrogens is 1040 g/mol. The summed E-state index contributed by atoms with van der Waals surface area (Å²) in [5.41, 5.74) is 13.0. The maximum Gasteiger partial charge on any atom is 0.569 e. The van der Waals surface area contributed by atoms with Gasteiger partial charge in [0.1, 0.15) is 5.75 Å². The van der Waals surface area contributed by atoms with Crippen LogP contribution < -0.4 is 16.1 Å². The van der Waals surface area contributed by atoms with E-state index in [1.54, 1.807) is 30.1 Å². The van der Waals surface area contributed by atoms with Gasteiger partial charge in [0, 0.05) is 65.8 Å². The lowest BCUT2D eigenvalue weighted by Crippen LogP contribution is -2.53. The van der Waals surface area contributed by atoms with Gasteiger partial charge < -0.3 is 30.6 Å². The van der Waals surface area contributed by atoms with Gasteiger partial charge in [0.05, 0.1) is 29.5 Å². The number of ether oxygens (including phenoxy) is 2. The first-order valence-electron chi connectivity index (χ1n) is 24.4. The molecule has 395 valence electrons. The fourth-order valence-corrected chi connectivity index (χ4v) is 12.6. The highest BCUT2D eigenvalue weighted by Gasteiger charge is 2.68. The number of methoxy groups -OCH3 is 2. The van der Waals surface area contributed by atoms with Crippen LogP contribution in [-0.2, 0) is 55.3 Å². The zero-order valence-electron chi connectivity index (χ0n) is 41.9. The van der Waals surface area contributed by atoms with Gasteiger partial charge in [-0.1, -0.05) is 34.1 Å². The fourth-order valence-electron chi connectivity index (χ4n) is 12.3. The SMILES string of the molecule is COC1CCC2(CC1)Cc1ccc(-c3cncc(C(F)(F)F)c3)cc1C21N=C(N)N(C(C)C)C1=O.COC1CCC2(CC1)Cc1ccc(Br)cc1C21N=C(N)N(C(C)C)C1=O.O[B]Oc1cncc(C(F)(F)F)c1. The Bertz CT molecular complexity index is 2840. The molecular formula is C52H59BBrF6N8O6. The van der Waals surface area contributed by atoms with E-state index in [-0.39, 0.29) is 60.9 Å². The molecule has 4 spiro atoms. The van der Waals surface area contributed by atoms with Gasteiger partial charge in [0.2, 0.25) is 0 Å². The number of hydrogen-bond acceptors (Lipinski definition) is 12. The second kappa shape index (κ2) is 20.5. The van der Waals surface area contributed by atoms with Gasteiger partial charge in [-0.2, -0.15) is 26.3 Å². The third-order valence-electron chi connectivity index (χ3n) is 15.8. The molecule has 2 amide bonds. The standard InChI is InChI=1S/C26H29F3N4O2.C20H26BrN3O2.C6H4BF3NO2/c1-15(2)33-22(34)25(32-23(33)30)21-11-16(18-10-19(14-31-13-18)26(27,28)29)4-5-17(21)12-24(25)8-6-20(35-3)7-9-24;1-12(2)24-17(25)20(23-18(24)22)16-10-14(21)5-4-13(16)11-19(20)8-6-15(26-3)7-9-19;8-6(9,10)4-1-5(13-7-12)3-11-2-4/h4-5,10-11,13-15,20H,6-9,12H2,1-3H3,(H2,30,32);4-5,10,12,15H,6-9,11H2,1-3H3,(H2,22,23);1-3,12H. The molecule has 2 fully saturated rings. The van der Waals surface area contributed by atoms with E-state index in [4.69, 9.17) is 35.9 Å². The lowest BCUT2D eigenvalue weighted by Gasteiger charge is -2.45. The van der Waals surface area contributed by atoms with Crippen molar-refractivity contribution in [2.24, 2.45) is 32.3 Å². The summed E-state index contributed by atoms with van der Waals surface area (Å²) < 4.78 is 92.6. The molecule has 4 aromatic rings. The first-order chi connectivity index (χ1) is 34.9. The molecule has 1 radical (unpaired) electrons. The van der Waals surface area contributed by atoms with Crippen molar-refractivity contribution in [3.05, 3.63) is 111 Å². The Balaban J connectivity index is 0.000000164. The van der Waals surface area contributed by atoms with Crippen LogP contribution in [0.3, 0.4) is 0 Å². The number of fused-ring (bicyclic) bond motifs is 6. The minimum Gasteiger partial charge on any atom is -0.536 e. The van der Waals surface area contributed by atoms with E-state index in [1.165, 1.54) is 11.8 Å². The third kappa shape index (κ3) is 9.45. The van der Waals surface area contributed by atoms with Gasteiger partial charge in [-0.15, -0.1) is 0 Å². The van der Waals surface area contributed by atoms with Crippen LogP contribution >= 0.6 is 15.9 Å². The summed E-state index contributed by atoms with van der Waals surface area (Å²) in [5, 5.41) is 8.16. The zero-order chi connectivity index (χ0) is 53.8. The molecule has 74 heavy (non-hydrogen) atoms. The molecule has 2 saturated carbocycles. The van der Waals surface area contributed by atoms with Crippen LogP contribution in [0.15, 0.2) is 87.8 Å². The van der Waals surface area contributed by atoms with E-state index in [9.17, 15) is 35.9 Å². The molecule has 2 unspecified atom stereocenters. The summed E-state index contributed by atoms with van der Waals surface area (Å²) in [6.45, 7) is 7.78. The number of hydrogen-bond donors (Lipinski definition) is 3. The molecule has 2 aromatic carbocycles. The minimum absolute atomic E-state index is 0.00538. The Morgan fingerprint density at radius 1 is 0.662 bits per heavy atom. The van der Waals surface area contributed by atoms with Gasteiger partial charge >= 0.3 is 20.0 Å². The number of carbonyl (C=O) groups excluding carboxylic acids is 2. The quantitative estimate of drug-likeness (QED) is 0.119. The number of nitrogens with two attached hydrogens (primary N) is 2. The Morgan fingerprint density at radius 3 is 1.54 bits per heavy atom. The van der Waals surface area contributed by atoms with Crippen molar-refractivity contribution in [1.29, 1.82) is 0 Å². The van der Waals surface area contributed by atoms with Crippen molar-refractivity contribution >= 4 is 47.3 Å². The van der Waals surface area contributed by atoms with Crippen molar-refractivity contribution in [2.45, 2.75) is 140 Å². The summed E-state index contributed by atoms with van der Waals surface area (Å²) in [6, 6.07) is 13.5. The highest BCUT2D eigenvalue weighted by atomic mass is 79.9. The Hall–Kier alpha value is -5.58. The first-order valence-corrected chi connectivity index (χ1v) is 25.2. The van der Waals surface area contributed by atoms with Crippen LogP contribution in [0.4, 0.5) is 26.3 Å². The second-order valence-corrected chi connectivity index (χ2v) is 21.4. The van der Waals surface area contributed by atoms with Gasteiger partial charge in [-0.05, 0) is 150 Å². The Morgan fingerprint density at radius 2 is 1.11 bits per heavy atom. The molecule has 2 aromatic heterocycles. The monoisotopic (exact) mass is 1100 g/mol. The summed E-state index contributed by atoms with van der Waals surface area (Å²) >= 11 is 3.58. The summed E-state index contributed by atoms with van der Waals surface area (Å²) in [6.07, 6.45) is 3.80. The van der Waals surface area contributed by atoms with Crippen LogP contribution in [0.2, 0.25) is 0 Å². The highest BCUT2D eigenvalue weighted by Crippen LogP contribution is 2.64. The number of halogens is 7. The first kappa shape index (κ1) is 54.7. The van der Waals surface area contributed by atoms with Crippen LogP contribution in [0.5, 0.6) is 5.75 Å². The predicted molar refractivity (Wildman–Crippen MR) is 268 cm³/mol. The number of aliphatic imine (C=N–C) groups is 2. The molecule has 0 saturated heterocycles. The van der Waals surface area contributed by atoms with Crippen molar-refractivity contribution in [2.75, 3.05) is 14.2 Å². The maximum atomic E-state index is 14.1. The number of carbonyl (C=O) groups is 2. The zero-order valence-corrected chi connectivity index (χ0v) is 43.4. The lowest BCUT2D eigenvalue weighted by atomic mass is 9.61. The summed E-state index contributed by atoms with van der Waals surface area (Å²) in [7, 11) is 3.77. The molecule has 10 rings (SSSR count). The molecule has 2 atom stereocenters. The average molecular weight is 1100 g/mol. The van der Waals surface area contributed by atoms with Crippen LogP contribution in [-0.4, -0.2) is 94.7 Å². The van der Waals surface area contributed by atoms with Crippen LogP contribution in [0, 0.1) is 10.8 Å². The van der Waals surface area contributed by atoms with Gasteiger partial charge in [0.15, 0.2) is 23.0 Å². The number of amides is 2.